The Kier molecular flexibility index (Phi) is 6.08. The van der Waals surface area contributed by atoms with Crippen molar-refractivity contribution in [2.75, 3.05) is 13.1 Å². The van der Waals surface area contributed by atoms with Gasteiger partial charge in [-0.05, 0) is 58.1 Å². The fourth-order valence-electron chi connectivity index (χ4n) is 3.20. The van der Waals surface area contributed by atoms with E-state index < -0.39 is 24.1 Å². The highest BCUT2D eigenvalue weighted by Crippen LogP contribution is 2.36. The lowest BCUT2D eigenvalue weighted by atomic mass is 9.78. The van der Waals surface area contributed by atoms with E-state index in [-0.39, 0.29) is 29.9 Å². The van der Waals surface area contributed by atoms with Crippen LogP contribution in [0.3, 0.4) is 0 Å². The zero-order chi connectivity index (χ0) is 18.4. The highest BCUT2D eigenvalue weighted by molar-refractivity contribution is 6.62. The molecule has 2 aliphatic heterocycles. The molecule has 2 heterocycles. The normalized spacial score (nSPS) is 24.3. The van der Waals surface area contributed by atoms with Crippen LogP contribution in [0.15, 0.2) is 18.2 Å². The zero-order valence-electron chi connectivity index (χ0n) is 15.8. The summed E-state index contributed by atoms with van der Waals surface area (Å²) in [5.74, 6) is -0.871. The first-order valence-corrected chi connectivity index (χ1v) is 8.81. The van der Waals surface area contributed by atoms with Gasteiger partial charge in [0.05, 0.1) is 16.8 Å². The Labute approximate surface area is 160 Å². The van der Waals surface area contributed by atoms with Crippen LogP contribution in [0.2, 0.25) is 0 Å². The van der Waals surface area contributed by atoms with Crippen molar-refractivity contribution in [1.29, 1.82) is 0 Å². The van der Waals surface area contributed by atoms with Gasteiger partial charge in [0.25, 0.3) is 5.91 Å². The molecule has 2 saturated heterocycles. The molecule has 0 radical (unpaired) electrons. The van der Waals surface area contributed by atoms with E-state index in [0.29, 0.717) is 18.6 Å². The first kappa shape index (κ1) is 21.2. The second kappa shape index (κ2) is 7.47. The Morgan fingerprint density at radius 1 is 1.27 bits per heavy atom. The van der Waals surface area contributed by atoms with Crippen molar-refractivity contribution in [2.45, 2.75) is 57.8 Å². The average Bonchev–Trinajstić information content (AvgIpc) is 2.75. The van der Waals surface area contributed by atoms with E-state index in [9.17, 15) is 9.18 Å². The lowest BCUT2D eigenvalue weighted by Crippen LogP contribution is -2.46. The maximum Gasteiger partial charge on any atom is 0.494 e. The number of hydrogen-bond acceptors (Lipinski definition) is 4. The smallest absolute Gasteiger partial charge is 0.399 e. The van der Waals surface area contributed by atoms with Crippen LogP contribution in [-0.2, 0) is 9.31 Å². The number of benzene rings is 1. The van der Waals surface area contributed by atoms with E-state index in [4.69, 9.17) is 15.0 Å². The molecular formula is C18H27BClFN2O3. The quantitative estimate of drug-likeness (QED) is 0.793. The number of hydrogen-bond donors (Lipinski definition) is 1. The lowest BCUT2D eigenvalue weighted by molar-refractivity contribution is 0.00578. The monoisotopic (exact) mass is 384 g/mol. The number of halogens is 2. The van der Waals surface area contributed by atoms with Crippen molar-refractivity contribution < 1.29 is 18.5 Å². The molecule has 0 aliphatic carbocycles. The molecule has 1 amide bonds. The van der Waals surface area contributed by atoms with Crippen molar-refractivity contribution in [3.63, 3.8) is 0 Å². The van der Waals surface area contributed by atoms with Crippen molar-refractivity contribution >= 4 is 30.9 Å². The summed E-state index contributed by atoms with van der Waals surface area (Å²) >= 11 is 0. The highest BCUT2D eigenvalue weighted by Gasteiger charge is 2.51. The lowest BCUT2D eigenvalue weighted by Gasteiger charge is -2.32. The zero-order valence-corrected chi connectivity index (χ0v) is 16.6. The summed E-state index contributed by atoms with van der Waals surface area (Å²) in [4.78, 5) is 14.2. The van der Waals surface area contributed by atoms with Gasteiger partial charge in [-0.25, -0.2) is 4.39 Å². The predicted molar refractivity (Wildman–Crippen MR) is 102 cm³/mol. The molecule has 1 aromatic rings. The topological polar surface area (TPSA) is 64.8 Å². The van der Waals surface area contributed by atoms with Crippen LogP contribution in [0.4, 0.5) is 4.39 Å². The summed E-state index contributed by atoms with van der Waals surface area (Å²) in [6.07, 6.45) is 1.74. The Hall–Kier alpha value is -1.15. The Morgan fingerprint density at radius 2 is 1.88 bits per heavy atom. The van der Waals surface area contributed by atoms with Gasteiger partial charge < -0.3 is 19.9 Å². The summed E-state index contributed by atoms with van der Waals surface area (Å²) in [5.41, 5.74) is 5.57. The number of carbonyl (C=O) groups is 1. The van der Waals surface area contributed by atoms with Gasteiger partial charge in [-0.2, -0.15) is 0 Å². The number of piperidine rings is 1. The summed E-state index contributed by atoms with van der Waals surface area (Å²) in [6.45, 7) is 8.87. The Morgan fingerprint density at radius 3 is 2.42 bits per heavy atom. The van der Waals surface area contributed by atoms with Crippen LogP contribution in [-0.4, -0.2) is 48.3 Å². The van der Waals surface area contributed by atoms with Crippen LogP contribution in [0.25, 0.3) is 0 Å². The molecule has 2 N–H and O–H groups in total. The van der Waals surface area contributed by atoms with Gasteiger partial charge in [-0.1, -0.05) is 6.07 Å². The molecule has 1 atom stereocenters. The standard InChI is InChI=1S/C18H26BFN2O3.ClH/c1-17(2)18(3,4)25-19(24-17)12-7-8-14(15(20)10-12)16(23)22-9-5-6-13(21)11-22;/h7-8,10,13H,5-6,9,11,21H2,1-4H3;1H/t13-;/m1./s1. The molecule has 1 aromatic carbocycles. The molecule has 2 fully saturated rings. The molecule has 2 aliphatic rings. The molecule has 0 aromatic heterocycles. The van der Waals surface area contributed by atoms with Crippen molar-refractivity contribution in [1.82, 2.24) is 4.90 Å². The van der Waals surface area contributed by atoms with E-state index in [1.54, 1.807) is 11.0 Å². The molecule has 8 heteroatoms. The fourth-order valence-corrected chi connectivity index (χ4v) is 3.20. The largest absolute Gasteiger partial charge is 0.494 e. The molecule has 0 unspecified atom stereocenters. The summed E-state index contributed by atoms with van der Waals surface area (Å²) < 4.78 is 26.5. The number of rotatable bonds is 2. The third-order valence-electron chi connectivity index (χ3n) is 5.49. The number of carbonyl (C=O) groups excluding carboxylic acids is 1. The predicted octanol–water partition coefficient (Wildman–Crippen LogP) is 2.11. The Bertz CT molecular complexity index is 670. The van der Waals surface area contributed by atoms with E-state index in [2.05, 4.69) is 0 Å². The van der Waals surface area contributed by atoms with Gasteiger partial charge in [-0.3, -0.25) is 4.79 Å². The molecular weight excluding hydrogens is 357 g/mol. The second-order valence-corrected chi connectivity index (χ2v) is 7.98. The van der Waals surface area contributed by atoms with Crippen LogP contribution in [0.5, 0.6) is 0 Å². The minimum absolute atomic E-state index is 0. The Balaban J connectivity index is 0.00000243. The van der Waals surface area contributed by atoms with Crippen molar-refractivity contribution in [3.8, 4) is 0 Å². The van der Waals surface area contributed by atoms with Crippen LogP contribution >= 0.6 is 12.4 Å². The van der Waals surface area contributed by atoms with E-state index in [1.165, 1.54) is 12.1 Å². The van der Waals surface area contributed by atoms with Crippen LogP contribution < -0.4 is 11.2 Å². The molecule has 144 valence electrons. The number of nitrogens with two attached hydrogens (primary N) is 1. The van der Waals surface area contributed by atoms with Gasteiger partial charge in [0, 0.05) is 19.1 Å². The SMILES string of the molecule is CC1(C)OB(c2ccc(C(=O)N3CCC[C@@H](N)C3)c(F)c2)OC1(C)C.Cl. The minimum Gasteiger partial charge on any atom is -0.399 e. The highest BCUT2D eigenvalue weighted by atomic mass is 35.5. The average molecular weight is 385 g/mol. The molecule has 26 heavy (non-hydrogen) atoms. The molecule has 0 spiro atoms. The van der Waals surface area contributed by atoms with Crippen LogP contribution in [0.1, 0.15) is 50.9 Å². The number of nitrogens with zero attached hydrogens (tertiary/aromatic N) is 1. The third-order valence-corrected chi connectivity index (χ3v) is 5.49. The third kappa shape index (κ3) is 3.91. The summed E-state index contributed by atoms with van der Waals surface area (Å²) in [5, 5.41) is 0. The fraction of sp³-hybridized carbons (Fsp3) is 0.611. The molecule has 5 nitrogen and oxygen atoms in total. The second-order valence-electron chi connectivity index (χ2n) is 7.98. The van der Waals surface area contributed by atoms with Gasteiger partial charge >= 0.3 is 7.12 Å². The summed E-state index contributed by atoms with van der Waals surface area (Å²) in [6, 6.07) is 4.50. The first-order valence-electron chi connectivity index (χ1n) is 8.81. The van der Waals surface area contributed by atoms with Crippen molar-refractivity contribution in [2.24, 2.45) is 5.73 Å². The maximum atomic E-state index is 14.6. The molecule has 3 rings (SSSR count). The van der Waals surface area contributed by atoms with Gasteiger partial charge in [0.1, 0.15) is 5.82 Å². The molecule has 0 bridgehead atoms. The van der Waals surface area contributed by atoms with Gasteiger partial charge in [-0.15, -0.1) is 12.4 Å². The molecule has 0 saturated carbocycles. The van der Waals surface area contributed by atoms with Crippen molar-refractivity contribution in [3.05, 3.63) is 29.6 Å². The van der Waals surface area contributed by atoms with E-state index in [1.807, 2.05) is 27.7 Å². The van der Waals surface area contributed by atoms with E-state index >= 15 is 0 Å². The van der Waals surface area contributed by atoms with Gasteiger partial charge in [0.15, 0.2) is 0 Å². The van der Waals surface area contributed by atoms with Crippen LogP contribution in [0, 0.1) is 5.82 Å². The number of likely N-dealkylation sites (tertiary alicyclic amines) is 1. The summed E-state index contributed by atoms with van der Waals surface area (Å²) in [7, 11) is -0.646. The number of amides is 1. The first-order chi connectivity index (χ1) is 11.6. The van der Waals surface area contributed by atoms with E-state index in [0.717, 1.165) is 12.8 Å². The maximum absolute atomic E-state index is 14.6. The minimum atomic E-state index is -0.646. The van der Waals surface area contributed by atoms with Gasteiger partial charge in [0.2, 0.25) is 0 Å².